The van der Waals surface area contributed by atoms with Crippen LogP contribution in [0.5, 0.6) is 5.88 Å². The van der Waals surface area contributed by atoms with Crippen LogP contribution in [-0.4, -0.2) is 36.4 Å². The van der Waals surface area contributed by atoms with E-state index >= 15 is 0 Å². The molecule has 0 N–H and O–H groups in total. The van der Waals surface area contributed by atoms with E-state index in [9.17, 15) is 0 Å². The molecular weight excluding hydrogens is 292 g/mol. The van der Waals surface area contributed by atoms with E-state index in [1.54, 1.807) is 13.3 Å². The number of hydrogen-bond acceptors (Lipinski definition) is 5. The minimum Gasteiger partial charge on any atom is -0.479 e. The second-order valence-corrected chi connectivity index (χ2v) is 4.76. The highest BCUT2D eigenvalue weighted by molar-refractivity contribution is 6.16. The summed E-state index contributed by atoms with van der Waals surface area (Å²) in [7, 11) is 1.57. The van der Waals surface area contributed by atoms with Crippen LogP contribution in [0.15, 0.2) is 24.8 Å². The molecule has 3 rings (SSSR count). The summed E-state index contributed by atoms with van der Waals surface area (Å²) in [5.74, 6) is 1.56. The Hall–Kier alpha value is -2.15. The average Bonchev–Trinajstić information content (AvgIpc) is 3.14. The monoisotopic (exact) mass is 306 g/mol. The molecule has 3 aromatic rings. The molecular formula is C13H15ClN6O. The molecule has 3 aromatic heterocycles. The molecule has 7 nitrogen and oxygen atoms in total. The van der Waals surface area contributed by atoms with Gasteiger partial charge in [-0.3, -0.25) is 4.68 Å². The van der Waals surface area contributed by atoms with Crippen molar-refractivity contribution in [2.24, 2.45) is 0 Å². The van der Waals surface area contributed by atoms with Gasteiger partial charge >= 0.3 is 0 Å². The van der Waals surface area contributed by atoms with Crippen LogP contribution >= 0.6 is 11.6 Å². The summed E-state index contributed by atoms with van der Waals surface area (Å²) in [5.41, 5.74) is 1.40. The second kappa shape index (κ2) is 6.09. The van der Waals surface area contributed by atoms with Gasteiger partial charge in [0, 0.05) is 25.5 Å². The van der Waals surface area contributed by atoms with Crippen molar-refractivity contribution in [3.8, 4) is 5.88 Å². The lowest BCUT2D eigenvalue weighted by atomic mass is 10.4. The number of aromatic nitrogens is 6. The number of methoxy groups -OCH3 is 1. The molecule has 110 valence electrons. The Morgan fingerprint density at radius 3 is 2.90 bits per heavy atom. The van der Waals surface area contributed by atoms with Gasteiger partial charge in [-0.15, -0.1) is 11.6 Å². The first-order chi connectivity index (χ1) is 10.3. The van der Waals surface area contributed by atoms with Gasteiger partial charge in [-0.25, -0.2) is 9.97 Å². The number of nitrogens with zero attached hydrogens (tertiary/aromatic N) is 6. The number of halogens is 1. The Balaban J connectivity index is 1.86. The predicted molar refractivity (Wildman–Crippen MR) is 78.3 cm³/mol. The molecule has 0 saturated heterocycles. The topological polar surface area (TPSA) is 70.7 Å². The lowest BCUT2D eigenvalue weighted by Crippen LogP contribution is -2.07. The van der Waals surface area contributed by atoms with Gasteiger partial charge in [0.25, 0.3) is 0 Å². The molecule has 0 spiro atoms. The van der Waals surface area contributed by atoms with Crippen LogP contribution in [0.25, 0.3) is 11.2 Å². The number of fused-ring (bicyclic) bond motifs is 1. The summed E-state index contributed by atoms with van der Waals surface area (Å²) in [4.78, 5) is 12.8. The third-order valence-corrected chi connectivity index (χ3v) is 3.46. The van der Waals surface area contributed by atoms with Gasteiger partial charge in [-0.05, 0) is 12.5 Å². The van der Waals surface area contributed by atoms with E-state index in [0.717, 1.165) is 31.0 Å². The van der Waals surface area contributed by atoms with Gasteiger partial charge in [-0.2, -0.15) is 10.1 Å². The molecule has 0 aliphatic heterocycles. The van der Waals surface area contributed by atoms with E-state index in [-0.39, 0.29) is 0 Å². The van der Waals surface area contributed by atoms with Crippen molar-refractivity contribution in [2.45, 2.75) is 25.4 Å². The normalized spacial score (nSPS) is 11.1. The molecule has 3 heterocycles. The lowest BCUT2D eigenvalue weighted by Gasteiger charge is -2.07. The van der Waals surface area contributed by atoms with E-state index in [1.165, 1.54) is 6.33 Å². The van der Waals surface area contributed by atoms with Crippen LogP contribution in [0.1, 0.15) is 12.2 Å². The highest BCUT2D eigenvalue weighted by Crippen LogP contribution is 2.22. The maximum absolute atomic E-state index is 5.99. The third kappa shape index (κ3) is 2.69. The van der Waals surface area contributed by atoms with Gasteiger partial charge in [0.05, 0.1) is 13.0 Å². The van der Waals surface area contributed by atoms with Gasteiger partial charge < -0.3 is 9.30 Å². The minimum absolute atomic E-state index is 0.321. The third-order valence-electron chi connectivity index (χ3n) is 3.22. The van der Waals surface area contributed by atoms with Crippen LogP contribution in [0.2, 0.25) is 0 Å². The van der Waals surface area contributed by atoms with Gasteiger partial charge in [0.1, 0.15) is 12.2 Å². The SMILES string of the molecule is COc1ncnc2c1nc(CCl)n2CCCn1cccn1. The second-order valence-electron chi connectivity index (χ2n) is 4.49. The average molecular weight is 307 g/mol. The van der Waals surface area contributed by atoms with Gasteiger partial charge in [-0.1, -0.05) is 0 Å². The van der Waals surface area contributed by atoms with E-state index in [4.69, 9.17) is 16.3 Å². The molecule has 0 unspecified atom stereocenters. The number of aryl methyl sites for hydroxylation is 2. The van der Waals surface area contributed by atoms with Gasteiger partial charge in [0.15, 0.2) is 11.2 Å². The Morgan fingerprint density at radius 2 is 2.19 bits per heavy atom. The molecule has 0 radical (unpaired) electrons. The largest absolute Gasteiger partial charge is 0.479 e. The van der Waals surface area contributed by atoms with Crippen LogP contribution < -0.4 is 4.74 Å². The van der Waals surface area contributed by atoms with Crippen LogP contribution in [0, 0.1) is 0 Å². The molecule has 0 fully saturated rings. The Morgan fingerprint density at radius 1 is 1.29 bits per heavy atom. The van der Waals surface area contributed by atoms with Crippen molar-refractivity contribution in [3.63, 3.8) is 0 Å². The smallest absolute Gasteiger partial charge is 0.245 e. The van der Waals surface area contributed by atoms with Crippen molar-refractivity contribution in [1.29, 1.82) is 0 Å². The molecule has 21 heavy (non-hydrogen) atoms. The lowest BCUT2D eigenvalue weighted by molar-refractivity contribution is 0.401. The Kier molecular flexibility index (Phi) is 4.01. The molecule has 0 aromatic carbocycles. The first-order valence-electron chi connectivity index (χ1n) is 6.61. The standard InChI is InChI=1S/C13H15ClN6O/c1-21-13-11-12(15-9-16-13)20(10(8-14)18-11)7-3-6-19-5-2-4-17-19/h2,4-5,9H,3,6-8H2,1H3. The first-order valence-corrected chi connectivity index (χ1v) is 7.14. The summed E-state index contributed by atoms with van der Waals surface area (Å²) in [5, 5.41) is 4.19. The van der Waals surface area contributed by atoms with Crippen molar-refractivity contribution >= 4 is 22.8 Å². The zero-order valence-electron chi connectivity index (χ0n) is 11.6. The molecule has 8 heteroatoms. The molecule has 0 aliphatic rings. The quantitative estimate of drug-likeness (QED) is 0.650. The molecule has 0 amide bonds. The minimum atomic E-state index is 0.321. The van der Waals surface area contributed by atoms with Crippen molar-refractivity contribution in [1.82, 2.24) is 29.3 Å². The fraction of sp³-hybridized carbons (Fsp3) is 0.385. The van der Waals surface area contributed by atoms with E-state index in [0.29, 0.717) is 17.3 Å². The summed E-state index contributed by atoms with van der Waals surface area (Å²) in [6.07, 6.45) is 6.10. The zero-order valence-corrected chi connectivity index (χ0v) is 12.4. The number of ether oxygens (including phenoxy) is 1. The Labute approximate surface area is 126 Å². The molecule has 0 aliphatic carbocycles. The van der Waals surface area contributed by atoms with E-state index in [1.807, 2.05) is 21.5 Å². The molecule has 0 saturated carbocycles. The first kappa shape index (κ1) is 13.8. The maximum Gasteiger partial charge on any atom is 0.245 e. The summed E-state index contributed by atoms with van der Waals surface area (Å²) < 4.78 is 9.13. The molecule has 0 bridgehead atoms. The molecule has 0 atom stereocenters. The number of rotatable bonds is 6. The van der Waals surface area contributed by atoms with Crippen molar-refractivity contribution < 1.29 is 4.74 Å². The van der Waals surface area contributed by atoms with Crippen LogP contribution in [0.3, 0.4) is 0 Å². The van der Waals surface area contributed by atoms with Crippen molar-refractivity contribution in [2.75, 3.05) is 7.11 Å². The van der Waals surface area contributed by atoms with Crippen LogP contribution in [0.4, 0.5) is 0 Å². The number of imidazole rings is 1. The van der Waals surface area contributed by atoms with E-state index < -0.39 is 0 Å². The van der Waals surface area contributed by atoms with E-state index in [2.05, 4.69) is 20.1 Å². The highest BCUT2D eigenvalue weighted by Gasteiger charge is 2.15. The summed E-state index contributed by atoms with van der Waals surface area (Å²) in [6.45, 7) is 1.59. The highest BCUT2D eigenvalue weighted by atomic mass is 35.5. The zero-order chi connectivity index (χ0) is 14.7. The number of alkyl halides is 1. The fourth-order valence-corrected chi connectivity index (χ4v) is 2.47. The summed E-state index contributed by atoms with van der Waals surface area (Å²) >= 11 is 5.99. The van der Waals surface area contributed by atoms with Crippen LogP contribution in [-0.2, 0) is 19.0 Å². The Bertz CT molecular complexity index is 724. The van der Waals surface area contributed by atoms with Gasteiger partial charge in [0.2, 0.25) is 5.88 Å². The predicted octanol–water partition coefficient (Wildman–Crippen LogP) is 1.86. The maximum atomic E-state index is 5.99. The fourth-order valence-electron chi connectivity index (χ4n) is 2.27. The summed E-state index contributed by atoms with van der Waals surface area (Å²) in [6, 6.07) is 1.91. The number of hydrogen-bond donors (Lipinski definition) is 0. The van der Waals surface area contributed by atoms with Crippen molar-refractivity contribution in [3.05, 3.63) is 30.6 Å².